The number of nitrogens with zero attached hydrogens (tertiary/aromatic N) is 2. The Morgan fingerprint density at radius 2 is 1.63 bits per heavy atom. The van der Waals surface area contributed by atoms with Crippen molar-refractivity contribution in [2.24, 2.45) is 17.4 Å². The molecule has 1 fully saturated rings. The van der Waals surface area contributed by atoms with Crippen LogP contribution in [0.2, 0.25) is 0 Å². The highest BCUT2D eigenvalue weighted by Crippen LogP contribution is 2.27. The fourth-order valence-electron chi connectivity index (χ4n) is 4.07. The van der Waals surface area contributed by atoms with Crippen molar-refractivity contribution >= 4 is 17.5 Å². The molecule has 0 spiro atoms. The Kier molecular flexibility index (Phi) is 7.57. The van der Waals surface area contributed by atoms with Crippen molar-refractivity contribution in [1.29, 1.82) is 0 Å². The number of anilines is 1. The number of aromatic nitrogens is 1. The van der Waals surface area contributed by atoms with Crippen molar-refractivity contribution in [2.45, 2.75) is 12.8 Å². The van der Waals surface area contributed by atoms with Crippen molar-refractivity contribution in [3.05, 3.63) is 72.2 Å². The third kappa shape index (κ3) is 6.77. The number of rotatable bonds is 9. The molecule has 0 aliphatic carbocycles. The number of ether oxygens (including phenoxy) is 1. The molecule has 1 aromatic heterocycles. The summed E-state index contributed by atoms with van der Waals surface area (Å²) < 4.78 is 18.8. The van der Waals surface area contributed by atoms with Crippen LogP contribution in [0.25, 0.3) is 11.3 Å². The molecular weight excluding hydrogens is 449 g/mol. The minimum atomic E-state index is -0.606. The number of hydrogen-bond donors (Lipinski definition) is 3. The molecule has 0 saturated carbocycles. The lowest BCUT2D eigenvalue weighted by Gasteiger charge is -2.31. The van der Waals surface area contributed by atoms with Gasteiger partial charge in [0.2, 0.25) is 5.91 Å². The fraction of sp³-hybridized carbons (Fsp3) is 0.269. The molecule has 5 N–H and O–H groups in total. The van der Waals surface area contributed by atoms with E-state index in [4.69, 9.17) is 16.2 Å². The van der Waals surface area contributed by atoms with Gasteiger partial charge in [-0.1, -0.05) is 0 Å². The molecular formula is C26H28FN5O3. The lowest BCUT2D eigenvalue weighted by molar-refractivity contribution is -0.119. The third-order valence-electron chi connectivity index (χ3n) is 5.96. The third-order valence-corrected chi connectivity index (χ3v) is 5.96. The van der Waals surface area contributed by atoms with Gasteiger partial charge in [-0.25, -0.2) is 9.37 Å². The van der Waals surface area contributed by atoms with E-state index in [1.54, 1.807) is 30.3 Å². The molecule has 0 atom stereocenters. The van der Waals surface area contributed by atoms with Crippen LogP contribution in [0, 0.1) is 11.7 Å². The van der Waals surface area contributed by atoms with E-state index in [-0.39, 0.29) is 17.4 Å². The van der Waals surface area contributed by atoms with Gasteiger partial charge in [0.1, 0.15) is 23.0 Å². The second-order valence-corrected chi connectivity index (χ2v) is 8.64. The van der Waals surface area contributed by atoms with Crippen molar-refractivity contribution in [2.75, 3.05) is 31.5 Å². The Bertz CT molecular complexity index is 1180. The summed E-state index contributed by atoms with van der Waals surface area (Å²) in [5, 5.41) is 3.41. The first-order valence-corrected chi connectivity index (χ1v) is 11.5. The summed E-state index contributed by atoms with van der Waals surface area (Å²) in [7, 11) is 0. The minimum Gasteiger partial charge on any atom is -0.457 e. The molecule has 0 unspecified atom stereocenters. The van der Waals surface area contributed by atoms with Gasteiger partial charge >= 0.3 is 0 Å². The number of hydrogen-bond acceptors (Lipinski definition) is 6. The first kappa shape index (κ1) is 24.2. The standard InChI is InChI=1S/C26H28FN5O3/c27-19-3-7-22(8-4-19)35-21-5-1-18(2-6-21)23-13-20(14-24(31-23)26(29)34)30-15-17-9-11-32(12-10-17)16-25(28)33/h1-8,13-14,17H,9-12,15-16H2,(H2,28,33)(H2,29,34)(H,30,31). The van der Waals surface area contributed by atoms with Crippen LogP contribution >= 0.6 is 0 Å². The zero-order chi connectivity index (χ0) is 24.8. The van der Waals surface area contributed by atoms with Crippen LogP contribution in [0.1, 0.15) is 23.3 Å². The van der Waals surface area contributed by atoms with Crippen LogP contribution in [-0.4, -0.2) is 47.9 Å². The van der Waals surface area contributed by atoms with E-state index in [2.05, 4.69) is 15.2 Å². The molecule has 182 valence electrons. The molecule has 9 heteroatoms. The number of amides is 2. The van der Waals surface area contributed by atoms with Gasteiger partial charge in [-0.15, -0.1) is 0 Å². The lowest BCUT2D eigenvalue weighted by Crippen LogP contribution is -2.40. The molecule has 35 heavy (non-hydrogen) atoms. The highest BCUT2D eigenvalue weighted by molar-refractivity contribution is 5.92. The Balaban J connectivity index is 1.43. The zero-order valence-corrected chi connectivity index (χ0v) is 19.2. The van der Waals surface area contributed by atoms with Crippen molar-refractivity contribution < 1.29 is 18.7 Å². The van der Waals surface area contributed by atoms with E-state index in [0.29, 0.717) is 29.7 Å². The Hall–Kier alpha value is -3.98. The summed E-state index contributed by atoms with van der Waals surface area (Å²) in [6, 6.07) is 16.6. The van der Waals surface area contributed by atoms with E-state index >= 15 is 0 Å². The summed E-state index contributed by atoms with van der Waals surface area (Å²) in [6.45, 7) is 2.69. The first-order chi connectivity index (χ1) is 16.9. The van der Waals surface area contributed by atoms with Gasteiger partial charge < -0.3 is 21.5 Å². The average molecular weight is 478 g/mol. The molecule has 1 saturated heterocycles. The molecule has 1 aliphatic rings. The number of carbonyl (C=O) groups is 2. The topological polar surface area (TPSA) is 124 Å². The van der Waals surface area contributed by atoms with Gasteiger partial charge in [-0.05, 0) is 92.5 Å². The van der Waals surface area contributed by atoms with Crippen molar-refractivity contribution in [1.82, 2.24) is 9.88 Å². The quantitative estimate of drug-likeness (QED) is 0.434. The molecule has 4 rings (SSSR count). The molecule has 1 aliphatic heterocycles. The molecule has 0 radical (unpaired) electrons. The zero-order valence-electron chi connectivity index (χ0n) is 19.2. The predicted octanol–water partition coefficient (Wildman–Crippen LogP) is 3.39. The van der Waals surface area contributed by atoms with E-state index < -0.39 is 5.91 Å². The highest BCUT2D eigenvalue weighted by atomic mass is 19.1. The maximum Gasteiger partial charge on any atom is 0.267 e. The second kappa shape index (κ2) is 11.0. The van der Waals surface area contributed by atoms with Crippen LogP contribution in [-0.2, 0) is 4.79 Å². The molecule has 2 heterocycles. The Morgan fingerprint density at radius 1 is 1.00 bits per heavy atom. The molecule has 8 nitrogen and oxygen atoms in total. The van der Waals surface area contributed by atoms with E-state index in [1.807, 2.05) is 18.2 Å². The normalized spacial score (nSPS) is 14.4. The summed E-state index contributed by atoms with van der Waals surface area (Å²) in [6.07, 6.45) is 1.91. The van der Waals surface area contributed by atoms with Crippen LogP contribution < -0.4 is 21.5 Å². The number of carbonyl (C=O) groups excluding carboxylic acids is 2. The van der Waals surface area contributed by atoms with Crippen molar-refractivity contribution in [3.63, 3.8) is 0 Å². The minimum absolute atomic E-state index is 0.174. The van der Waals surface area contributed by atoms with Gasteiger partial charge in [0, 0.05) is 17.8 Å². The first-order valence-electron chi connectivity index (χ1n) is 11.5. The van der Waals surface area contributed by atoms with Crippen molar-refractivity contribution in [3.8, 4) is 22.8 Å². The van der Waals surface area contributed by atoms with Crippen LogP contribution in [0.3, 0.4) is 0 Å². The smallest absolute Gasteiger partial charge is 0.267 e. The highest BCUT2D eigenvalue weighted by Gasteiger charge is 2.20. The molecule has 2 aromatic carbocycles. The maximum absolute atomic E-state index is 13.1. The second-order valence-electron chi connectivity index (χ2n) is 8.64. The van der Waals surface area contributed by atoms with Crippen LogP contribution in [0.5, 0.6) is 11.5 Å². The maximum atomic E-state index is 13.1. The summed E-state index contributed by atoms with van der Waals surface area (Å²) in [4.78, 5) is 29.5. The van der Waals surface area contributed by atoms with E-state index in [0.717, 1.165) is 43.7 Å². The van der Waals surface area contributed by atoms with Crippen LogP contribution in [0.15, 0.2) is 60.7 Å². The van der Waals surface area contributed by atoms with Gasteiger partial charge in [0.15, 0.2) is 0 Å². The number of piperidine rings is 1. The van der Waals surface area contributed by atoms with Crippen LogP contribution in [0.4, 0.5) is 10.1 Å². The largest absolute Gasteiger partial charge is 0.457 e. The average Bonchev–Trinajstić information content (AvgIpc) is 2.85. The molecule has 2 amide bonds. The number of nitrogens with one attached hydrogen (secondary N) is 1. The number of pyridine rings is 1. The van der Waals surface area contributed by atoms with Gasteiger partial charge in [-0.3, -0.25) is 14.5 Å². The Labute approximate surface area is 203 Å². The SMILES string of the molecule is NC(=O)CN1CCC(CNc2cc(C(N)=O)nc(-c3ccc(Oc4ccc(F)cc4)cc3)c2)CC1. The predicted molar refractivity (Wildman–Crippen MR) is 132 cm³/mol. The number of benzene rings is 2. The monoisotopic (exact) mass is 477 g/mol. The summed E-state index contributed by atoms with van der Waals surface area (Å²) >= 11 is 0. The summed E-state index contributed by atoms with van der Waals surface area (Å²) in [5.74, 6) is 0.319. The molecule has 3 aromatic rings. The lowest BCUT2D eigenvalue weighted by atomic mass is 9.96. The van der Waals surface area contributed by atoms with E-state index in [9.17, 15) is 14.0 Å². The molecule has 0 bridgehead atoms. The number of primary amides is 2. The number of likely N-dealkylation sites (tertiary alicyclic amines) is 1. The number of nitrogens with two attached hydrogens (primary N) is 2. The summed E-state index contributed by atoms with van der Waals surface area (Å²) in [5.41, 5.74) is 13.1. The van der Waals surface area contributed by atoms with Gasteiger partial charge in [0.25, 0.3) is 5.91 Å². The van der Waals surface area contributed by atoms with Gasteiger partial charge in [-0.2, -0.15) is 0 Å². The fourth-order valence-corrected chi connectivity index (χ4v) is 4.07. The number of halogens is 1. The van der Waals surface area contributed by atoms with Gasteiger partial charge in [0.05, 0.1) is 12.2 Å². The Morgan fingerprint density at radius 3 is 2.23 bits per heavy atom. The van der Waals surface area contributed by atoms with E-state index in [1.165, 1.54) is 12.1 Å².